The van der Waals surface area contributed by atoms with Gasteiger partial charge in [-0.1, -0.05) is 99.3 Å². The van der Waals surface area contributed by atoms with Crippen LogP contribution in [0.4, 0.5) is 0 Å². The lowest BCUT2D eigenvalue weighted by Crippen LogP contribution is -1.93. The molecule has 21 heavy (non-hydrogen) atoms. The molecule has 0 aliphatic heterocycles. The Morgan fingerprint density at radius 3 is 1.48 bits per heavy atom. The van der Waals surface area contributed by atoms with Crippen molar-refractivity contribution in [1.29, 1.82) is 0 Å². The van der Waals surface area contributed by atoms with Crippen molar-refractivity contribution in [3.8, 4) is 0 Å². The molecule has 0 aromatic heterocycles. The summed E-state index contributed by atoms with van der Waals surface area (Å²) < 4.78 is 2.12. The second kappa shape index (κ2) is 18.0. The molecule has 0 spiro atoms. The fraction of sp³-hybridized carbons (Fsp3) is 0.833. The fourth-order valence-electron chi connectivity index (χ4n) is 2.55. The average Bonchev–Trinajstić information content (AvgIpc) is 2.46. The van der Waals surface area contributed by atoms with E-state index in [1.807, 2.05) is 0 Å². The van der Waals surface area contributed by atoms with Gasteiger partial charge in [0.05, 0.1) is 0 Å². The highest BCUT2D eigenvalue weighted by molar-refractivity contribution is 14.1. The third-order valence-electron chi connectivity index (χ3n) is 3.85. The number of carbonyl (C=O) groups is 1. The predicted molar refractivity (Wildman–Crippen MR) is 100 cm³/mol. The third-order valence-corrected chi connectivity index (χ3v) is 4.36. The molecule has 0 aromatic rings. The van der Waals surface area contributed by atoms with Gasteiger partial charge in [0.2, 0.25) is 0 Å². The van der Waals surface area contributed by atoms with Crippen LogP contribution >= 0.6 is 22.6 Å². The number of halogens is 1. The summed E-state index contributed by atoms with van der Waals surface area (Å²) in [4.78, 5) is 10.3. The van der Waals surface area contributed by atoms with E-state index in [1.165, 1.54) is 77.0 Å². The van der Waals surface area contributed by atoms with Gasteiger partial charge < -0.3 is 5.11 Å². The quantitative estimate of drug-likeness (QED) is 0.224. The molecule has 0 aliphatic carbocycles. The van der Waals surface area contributed by atoms with E-state index in [2.05, 4.69) is 32.7 Å². The number of allylic oxidation sites excluding steroid dienone is 1. The van der Waals surface area contributed by atoms with Gasteiger partial charge in [-0.3, -0.25) is 4.79 Å². The van der Waals surface area contributed by atoms with Crippen LogP contribution in [0.25, 0.3) is 0 Å². The molecule has 2 nitrogen and oxygen atoms in total. The zero-order valence-corrected chi connectivity index (χ0v) is 15.7. The van der Waals surface area contributed by atoms with Crippen molar-refractivity contribution >= 4 is 28.6 Å². The largest absolute Gasteiger partial charge is 0.481 e. The standard InChI is InChI=1S/C18H33IO2/c19-17-15-13-11-9-7-5-3-1-2-4-6-8-10-12-14-16-18(20)21/h15,17H,1-14,16H2,(H,20,21)/b17-15+/i19-2. The Kier molecular flexibility index (Phi) is 17.9. The van der Waals surface area contributed by atoms with Crippen LogP contribution in [0.15, 0.2) is 10.2 Å². The van der Waals surface area contributed by atoms with E-state index in [-0.39, 0.29) is 0 Å². The maximum atomic E-state index is 10.3. The Labute approximate surface area is 144 Å². The van der Waals surface area contributed by atoms with Gasteiger partial charge in [-0.25, -0.2) is 0 Å². The molecule has 124 valence electrons. The van der Waals surface area contributed by atoms with Gasteiger partial charge in [0.15, 0.2) is 0 Å². The molecule has 0 rings (SSSR count). The summed E-state index contributed by atoms with van der Waals surface area (Å²) in [6, 6.07) is 0. The van der Waals surface area contributed by atoms with Gasteiger partial charge in [-0.15, -0.1) is 0 Å². The zero-order valence-electron chi connectivity index (χ0n) is 13.5. The lowest BCUT2D eigenvalue weighted by atomic mass is 10.0. The summed E-state index contributed by atoms with van der Waals surface area (Å²) >= 11 is 2.29. The minimum atomic E-state index is -0.656. The molecule has 0 amide bonds. The van der Waals surface area contributed by atoms with Gasteiger partial charge in [-0.05, 0) is 23.3 Å². The number of carboxylic acids is 1. The lowest BCUT2D eigenvalue weighted by molar-refractivity contribution is -0.137. The molecule has 3 heteroatoms. The molecule has 0 radical (unpaired) electrons. The molecule has 0 aliphatic rings. The summed E-state index contributed by atoms with van der Waals surface area (Å²) in [7, 11) is 0. The van der Waals surface area contributed by atoms with Crippen LogP contribution in [0.1, 0.15) is 96.3 Å². The van der Waals surface area contributed by atoms with Crippen molar-refractivity contribution in [3.63, 3.8) is 0 Å². The summed E-state index contributed by atoms with van der Waals surface area (Å²) in [6.45, 7) is 0. The fourth-order valence-corrected chi connectivity index (χ4v) is 2.91. The van der Waals surface area contributed by atoms with Crippen molar-refractivity contribution in [2.45, 2.75) is 96.3 Å². The summed E-state index contributed by atoms with van der Waals surface area (Å²) in [5.41, 5.74) is 0. The first-order chi connectivity index (χ1) is 10.3. The van der Waals surface area contributed by atoms with Crippen LogP contribution < -0.4 is 0 Å². The van der Waals surface area contributed by atoms with E-state index in [0.29, 0.717) is 6.42 Å². The number of rotatable bonds is 16. The third kappa shape index (κ3) is 19.9. The van der Waals surface area contributed by atoms with E-state index in [9.17, 15) is 4.79 Å². The first kappa shape index (κ1) is 20.9. The smallest absolute Gasteiger partial charge is 0.303 e. The first-order valence-electron chi connectivity index (χ1n) is 8.74. The zero-order chi connectivity index (χ0) is 15.6. The van der Waals surface area contributed by atoms with E-state index in [4.69, 9.17) is 5.11 Å². The molecule has 0 unspecified atom stereocenters. The van der Waals surface area contributed by atoms with Crippen molar-refractivity contribution < 1.29 is 9.90 Å². The van der Waals surface area contributed by atoms with E-state index >= 15 is 0 Å². The van der Waals surface area contributed by atoms with Gasteiger partial charge >= 0.3 is 5.97 Å². The highest BCUT2D eigenvalue weighted by atomic mass is 125. The molecule has 1 N–H and O–H groups in total. The Hall–Kier alpha value is -0.0600. The predicted octanol–water partition coefficient (Wildman–Crippen LogP) is 6.87. The highest BCUT2D eigenvalue weighted by Gasteiger charge is 1.97. The summed E-state index contributed by atoms with van der Waals surface area (Å²) in [5, 5.41) is 8.53. The molecule has 0 saturated carbocycles. The van der Waals surface area contributed by atoms with Gasteiger partial charge in [0.1, 0.15) is 0 Å². The van der Waals surface area contributed by atoms with Gasteiger partial charge in [-0.2, -0.15) is 0 Å². The van der Waals surface area contributed by atoms with Crippen molar-refractivity contribution in [2.75, 3.05) is 0 Å². The average molecular weight is 406 g/mol. The highest BCUT2D eigenvalue weighted by Crippen LogP contribution is 2.13. The minimum absolute atomic E-state index is 0.342. The number of hydrogen-bond acceptors (Lipinski definition) is 1. The Morgan fingerprint density at radius 1 is 0.714 bits per heavy atom. The summed E-state index contributed by atoms with van der Waals surface area (Å²) in [5.74, 6) is -0.656. The maximum absolute atomic E-state index is 10.3. The topological polar surface area (TPSA) is 37.3 Å². The van der Waals surface area contributed by atoms with Crippen LogP contribution in [0.3, 0.4) is 0 Å². The first-order valence-corrected chi connectivity index (χ1v) is 9.99. The number of unbranched alkanes of at least 4 members (excludes halogenated alkanes) is 13. The van der Waals surface area contributed by atoms with Gasteiger partial charge in [0, 0.05) is 6.42 Å². The molecule has 0 atom stereocenters. The number of aliphatic carboxylic acids is 1. The molecular weight excluding hydrogens is 373 g/mol. The SMILES string of the molecule is O=C(O)CCCCCCCCCCCCCCC/C=C/[125I]. The lowest BCUT2D eigenvalue weighted by Gasteiger charge is -2.02. The second-order valence-electron chi connectivity index (χ2n) is 5.89. The van der Waals surface area contributed by atoms with Crippen LogP contribution in [-0.4, -0.2) is 11.1 Å². The van der Waals surface area contributed by atoms with Crippen LogP contribution in [-0.2, 0) is 4.79 Å². The van der Waals surface area contributed by atoms with E-state index < -0.39 is 5.97 Å². The molecule has 0 fully saturated rings. The van der Waals surface area contributed by atoms with Crippen molar-refractivity contribution in [2.24, 2.45) is 0 Å². The molecular formula is C18H33IO2. The van der Waals surface area contributed by atoms with E-state index in [0.717, 1.165) is 12.8 Å². The summed E-state index contributed by atoms with van der Waals surface area (Å²) in [6.07, 6.45) is 20.7. The van der Waals surface area contributed by atoms with Crippen LogP contribution in [0.2, 0.25) is 0 Å². The maximum Gasteiger partial charge on any atom is 0.303 e. The Bertz CT molecular complexity index is 252. The number of hydrogen-bond donors (Lipinski definition) is 1. The minimum Gasteiger partial charge on any atom is -0.481 e. The Balaban J connectivity index is 2.98. The van der Waals surface area contributed by atoms with Crippen molar-refractivity contribution in [3.05, 3.63) is 10.2 Å². The van der Waals surface area contributed by atoms with Crippen LogP contribution in [0.5, 0.6) is 0 Å². The number of carboxylic acid groups (broad SMARTS) is 1. The monoisotopic (exact) mass is 406 g/mol. The van der Waals surface area contributed by atoms with Crippen molar-refractivity contribution in [1.82, 2.24) is 0 Å². The Morgan fingerprint density at radius 2 is 1.10 bits per heavy atom. The van der Waals surface area contributed by atoms with Gasteiger partial charge in [0.25, 0.3) is 0 Å². The second-order valence-corrected chi connectivity index (χ2v) is 6.61. The van der Waals surface area contributed by atoms with Crippen LogP contribution in [0, 0.1) is 0 Å². The molecule has 0 saturated heterocycles. The molecule has 0 bridgehead atoms. The molecule has 0 heterocycles. The normalized spacial score (nSPS) is 11.3. The van der Waals surface area contributed by atoms with E-state index in [1.54, 1.807) is 0 Å². The molecule has 0 aromatic carbocycles.